The molecule has 1 amide bonds. The monoisotopic (exact) mass is 496 g/mol. The van der Waals surface area contributed by atoms with Gasteiger partial charge in [-0.1, -0.05) is 17.8 Å². The van der Waals surface area contributed by atoms with Gasteiger partial charge in [-0.3, -0.25) is 4.79 Å². The van der Waals surface area contributed by atoms with Crippen LogP contribution in [-0.4, -0.2) is 60.9 Å². The Morgan fingerprint density at radius 3 is 2.67 bits per heavy atom. The molecule has 0 spiro atoms. The topological polar surface area (TPSA) is 115 Å². The van der Waals surface area contributed by atoms with Crippen LogP contribution in [0.3, 0.4) is 0 Å². The van der Waals surface area contributed by atoms with Crippen molar-refractivity contribution in [3.63, 3.8) is 0 Å². The lowest BCUT2D eigenvalue weighted by Gasteiger charge is -2.26. The number of carbonyl (C=O) groups is 1. The van der Waals surface area contributed by atoms with Gasteiger partial charge in [0.15, 0.2) is 0 Å². The molecule has 3 aromatic rings. The molecule has 2 heterocycles. The molecule has 13 heteroatoms. The molecule has 0 atom stereocenters. The van der Waals surface area contributed by atoms with E-state index < -0.39 is 27.6 Å². The number of anilines is 1. The van der Waals surface area contributed by atoms with Crippen molar-refractivity contribution in [2.75, 3.05) is 37.4 Å². The highest BCUT2D eigenvalue weighted by atomic mass is 32.2. The van der Waals surface area contributed by atoms with E-state index in [1.807, 2.05) is 0 Å². The fourth-order valence-corrected chi connectivity index (χ4v) is 5.03. The van der Waals surface area contributed by atoms with Gasteiger partial charge in [-0.2, -0.15) is 4.31 Å². The maximum atomic E-state index is 13.6. The summed E-state index contributed by atoms with van der Waals surface area (Å²) in [6.07, 6.45) is 0. The third-order valence-electron chi connectivity index (χ3n) is 4.63. The van der Waals surface area contributed by atoms with Crippen LogP contribution in [0.2, 0.25) is 0 Å². The van der Waals surface area contributed by atoms with Crippen molar-refractivity contribution < 1.29 is 31.1 Å². The molecule has 1 N–H and O–H groups in total. The summed E-state index contributed by atoms with van der Waals surface area (Å²) in [5.74, 6) is -2.27. The molecule has 0 saturated carbocycles. The fourth-order valence-electron chi connectivity index (χ4n) is 3.01. The van der Waals surface area contributed by atoms with Crippen LogP contribution in [0, 0.1) is 11.6 Å². The largest absolute Gasteiger partial charge is 0.411 e. The Balaban J connectivity index is 1.41. The van der Waals surface area contributed by atoms with E-state index in [-0.39, 0.29) is 40.5 Å². The minimum Gasteiger partial charge on any atom is -0.411 e. The number of thioether (sulfide) groups is 1. The molecule has 1 fully saturated rings. The third kappa shape index (κ3) is 5.55. The normalized spacial score (nSPS) is 14.8. The van der Waals surface area contributed by atoms with Crippen LogP contribution >= 0.6 is 11.8 Å². The molecule has 1 aliphatic heterocycles. The molecule has 33 heavy (non-hydrogen) atoms. The Hall–Kier alpha value is -2.87. The molecule has 0 unspecified atom stereocenters. The van der Waals surface area contributed by atoms with Gasteiger partial charge in [-0.05, 0) is 30.3 Å². The number of morpholine rings is 1. The molecule has 9 nitrogen and oxygen atoms in total. The van der Waals surface area contributed by atoms with Crippen LogP contribution in [0.25, 0.3) is 11.5 Å². The summed E-state index contributed by atoms with van der Waals surface area (Å²) in [6.45, 7) is 1.23. The lowest BCUT2D eigenvalue weighted by atomic mass is 10.2. The molecular weight excluding hydrogens is 478 g/mol. The molecule has 174 valence electrons. The van der Waals surface area contributed by atoms with E-state index in [1.54, 1.807) is 12.1 Å². The van der Waals surface area contributed by atoms with Crippen molar-refractivity contribution in [2.24, 2.45) is 0 Å². The molecule has 1 aromatic heterocycles. The first-order valence-electron chi connectivity index (χ1n) is 9.72. The van der Waals surface area contributed by atoms with Gasteiger partial charge in [0.1, 0.15) is 11.6 Å². The summed E-state index contributed by atoms with van der Waals surface area (Å²) >= 11 is 0.916. The number of nitrogens with one attached hydrogen (secondary N) is 1. The zero-order valence-electron chi connectivity index (χ0n) is 17.0. The van der Waals surface area contributed by atoms with Crippen molar-refractivity contribution in [1.29, 1.82) is 0 Å². The number of carbonyl (C=O) groups excluding carboxylic acids is 1. The Kier molecular flexibility index (Phi) is 7.02. The predicted octanol–water partition coefficient (Wildman–Crippen LogP) is 2.77. The zero-order chi connectivity index (χ0) is 23.4. The molecule has 2 aromatic carbocycles. The minimum atomic E-state index is -3.69. The van der Waals surface area contributed by atoms with Crippen LogP contribution in [0.5, 0.6) is 0 Å². The summed E-state index contributed by atoms with van der Waals surface area (Å²) in [6, 6.07) is 8.95. The van der Waals surface area contributed by atoms with E-state index in [0.29, 0.717) is 24.8 Å². The Morgan fingerprint density at radius 2 is 1.91 bits per heavy atom. The summed E-state index contributed by atoms with van der Waals surface area (Å²) in [5, 5.41) is 10.2. The van der Waals surface area contributed by atoms with E-state index in [4.69, 9.17) is 9.15 Å². The number of nitrogens with zero attached hydrogens (tertiary/aromatic N) is 3. The lowest BCUT2D eigenvalue weighted by molar-refractivity contribution is -0.113. The number of aromatic nitrogens is 2. The molecule has 1 saturated heterocycles. The Morgan fingerprint density at radius 1 is 1.12 bits per heavy atom. The van der Waals surface area contributed by atoms with Gasteiger partial charge in [0.25, 0.3) is 5.22 Å². The van der Waals surface area contributed by atoms with Gasteiger partial charge in [0.05, 0.1) is 29.5 Å². The standard InChI is InChI=1S/C20H18F2N4O5S2/c21-14-4-5-17(16(22)11-14)23-18(27)12-32-20-25-24-19(31-20)13-2-1-3-15(10-13)33(28,29)26-6-8-30-9-7-26/h1-5,10-11H,6-9,12H2,(H,23,27). The SMILES string of the molecule is O=C(CSc1nnc(-c2cccc(S(=O)(=O)N3CCOCC3)c2)o1)Nc1ccc(F)cc1F. The first kappa shape index (κ1) is 23.3. The Bertz CT molecular complexity index is 1260. The van der Waals surface area contributed by atoms with Crippen LogP contribution in [0.15, 0.2) is 57.0 Å². The van der Waals surface area contributed by atoms with Crippen LogP contribution in [0.4, 0.5) is 14.5 Å². The van der Waals surface area contributed by atoms with E-state index >= 15 is 0 Å². The molecule has 0 radical (unpaired) electrons. The van der Waals surface area contributed by atoms with Crippen molar-refractivity contribution in [2.45, 2.75) is 10.1 Å². The molecular formula is C20H18F2N4O5S2. The van der Waals surface area contributed by atoms with E-state index in [0.717, 1.165) is 23.9 Å². The zero-order valence-corrected chi connectivity index (χ0v) is 18.7. The van der Waals surface area contributed by atoms with Crippen LogP contribution in [0.1, 0.15) is 0 Å². The highest BCUT2D eigenvalue weighted by Gasteiger charge is 2.27. The number of hydrogen-bond acceptors (Lipinski definition) is 8. The van der Waals surface area contributed by atoms with Crippen molar-refractivity contribution in [3.8, 4) is 11.5 Å². The summed E-state index contributed by atoms with van der Waals surface area (Å²) < 4.78 is 64.4. The summed E-state index contributed by atoms with van der Waals surface area (Å²) in [4.78, 5) is 12.1. The second-order valence-electron chi connectivity index (χ2n) is 6.88. The minimum absolute atomic E-state index is 0.0705. The molecule has 0 aliphatic carbocycles. The quantitative estimate of drug-likeness (QED) is 0.497. The number of hydrogen-bond donors (Lipinski definition) is 1. The molecule has 0 bridgehead atoms. The predicted molar refractivity (Wildman–Crippen MR) is 115 cm³/mol. The van der Waals surface area contributed by atoms with E-state index in [2.05, 4.69) is 15.5 Å². The molecule has 4 rings (SSSR count). The van der Waals surface area contributed by atoms with Crippen molar-refractivity contribution in [1.82, 2.24) is 14.5 Å². The van der Waals surface area contributed by atoms with Gasteiger partial charge in [-0.15, -0.1) is 10.2 Å². The second-order valence-corrected chi connectivity index (χ2v) is 9.74. The fraction of sp³-hybridized carbons (Fsp3) is 0.250. The first-order valence-corrected chi connectivity index (χ1v) is 12.1. The van der Waals surface area contributed by atoms with Crippen LogP contribution in [-0.2, 0) is 19.6 Å². The average molecular weight is 497 g/mol. The number of amides is 1. The number of rotatable bonds is 7. The van der Waals surface area contributed by atoms with Crippen molar-refractivity contribution >= 4 is 33.4 Å². The maximum absolute atomic E-state index is 13.6. The van der Waals surface area contributed by atoms with Crippen molar-refractivity contribution in [3.05, 3.63) is 54.1 Å². The number of benzene rings is 2. The van der Waals surface area contributed by atoms with Gasteiger partial charge in [0, 0.05) is 24.7 Å². The van der Waals surface area contributed by atoms with E-state index in [1.165, 1.54) is 16.4 Å². The highest BCUT2D eigenvalue weighted by molar-refractivity contribution is 7.99. The van der Waals surface area contributed by atoms with Gasteiger partial charge < -0.3 is 14.5 Å². The van der Waals surface area contributed by atoms with Crippen LogP contribution < -0.4 is 5.32 Å². The van der Waals surface area contributed by atoms with Gasteiger partial charge in [0.2, 0.25) is 21.8 Å². The number of halogens is 2. The molecule has 1 aliphatic rings. The second kappa shape index (κ2) is 9.95. The van der Waals surface area contributed by atoms with Gasteiger partial charge >= 0.3 is 0 Å². The Labute approximate surface area is 192 Å². The number of sulfonamides is 1. The van der Waals surface area contributed by atoms with Gasteiger partial charge in [-0.25, -0.2) is 17.2 Å². The average Bonchev–Trinajstić information content (AvgIpc) is 3.29. The summed E-state index contributed by atoms with van der Waals surface area (Å²) in [5.41, 5.74) is 0.257. The first-order chi connectivity index (χ1) is 15.8. The summed E-state index contributed by atoms with van der Waals surface area (Å²) in [7, 11) is -3.69. The highest BCUT2D eigenvalue weighted by Crippen LogP contribution is 2.27. The third-order valence-corrected chi connectivity index (χ3v) is 7.34. The lowest BCUT2D eigenvalue weighted by Crippen LogP contribution is -2.40. The smallest absolute Gasteiger partial charge is 0.277 e. The van der Waals surface area contributed by atoms with E-state index in [9.17, 15) is 22.0 Å². The number of ether oxygens (including phenoxy) is 1. The maximum Gasteiger partial charge on any atom is 0.277 e.